The number of rotatable bonds is 7. The minimum Gasteiger partial charge on any atom is -0.345 e. The first-order chi connectivity index (χ1) is 12.6. The molecule has 0 saturated heterocycles. The number of halogens is 1. The molecule has 5 heteroatoms. The van der Waals surface area contributed by atoms with Gasteiger partial charge in [-0.1, -0.05) is 60.1 Å². The normalized spacial score (nSPS) is 13.2. The predicted octanol–water partition coefficient (Wildman–Crippen LogP) is 3.93. The average molecular weight is 386 g/mol. The second-order valence-corrected chi connectivity index (χ2v) is 7.60. The molecular formula is C21H22ClN2OS+. The molecule has 0 spiro atoms. The van der Waals surface area contributed by atoms with Crippen LogP contribution in [-0.4, -0.2) is 12.5 Å². The Labute approximate surface area is 163 Å². The summed E-state index contributed by atoms with van der Waals surface area (Å²) in [5, 5.41) is 7.88. The van der Waals surface area contributed by atoms with Gasteiger partial charge in [-0.05, 0) is 36.1 Å². The lowest BCUT2D eigenvalue weighted by atomic mass is 10.1. The first-order valence-corrected chi connectivity index (χ1v) is 9.86. The van der Waals surface area contributed by atoms with E-state index in [1.165, 1.54) is 10.4 Å². The van der Waals surface area contributed by atoms with E-state index in [2.05, 4.69) is 34.2 Å². The standard InChI is InChI=1S/C21H21ClN2OS/c1-15(17-9-5-10-18(22)13-17)24-20(25)14-23-21(19-11-6-12-26-19)16-7-3-2-4-8-16/h2-13,15,21,23H,14H2,1H3,(H,24,25)/p+1/t15-,21+/m1/s1. The average Bonchev–Trinajstić information content (AvgIpc) is 3.17. The Kier molecular flexibility index (Phi) is 6.45. The molecule has 3 N–H and O–H groups in total. The highest BCUT2D eigenvalue weighted by Gasteiger charge is 2.20. The zero-order valence-electron chi connectivity index (χ0n) is 14.6. The van der Waals surface area contributed by atoms with Crippen LogP contribution in [0.1, 0.15) is 35.0 Å². The van der Waals surface area contributed by atoms with Crippen molar-refractivity contribution in [1.29, 1.82) is 0 Å². The number of benzene rings is 2. The van der Waals surface area contributed by atoms with E-state index in [0.29, 0.717) is 11.6 Å². The Balaban J connectivity index is 1.63. The van der Waals surface area contributed by atoms with Gasteiger partial charge in [-0.15, -0.1) is 11.3 Å². The Bertz CT molecular complexity index is 836. The summed E-state index contributed by atoms with van der Waals surface area (Å²) < 4.78 is 0. The molecule has 0 radical (unpaired) electrons. The topological polar surface area (TPSA) is 45.7 Å². The van der Waals surface area contributed by atoms with Gasteiger partial charge in [-0.25, -0.2) is 0 Å². The van der Waals surface area contributed by atoms with Crippen LogP contribution in [0, 0.1) is 0 Å². The van der Waals surface area contributed by atoms with Crippen LogP contribution >= 0.6 is 22.9 Å². The second kappa shape index (κ2) is 8.99. The van der Waals surface area contributed by atoms with Crippen molar-refractivity contribution in [3.05, 3.63) is 93.1 Å². The molecule has 0 aliphatic carbocycles. The maximum Gasteiger partial charge on any atom is 0.275 e. The van der Waals surface area contributed by atoms with Gasteiger partial charge in [0.1, 0.15) is 6.04 Å². The molecule has 0 aliphatic rings. The van der Waals surface area contributed by atoms with E-state index in [4.69, 9.17) is 11.6 Å². The second-order valence-electron chi connectivity index (χ2n) is 6.19. The van der Waals surface area contributed by atoms with Crippen LogP contribution in [0.2, 0.25) is 5.02 Å². The number of nitrogens with one attached hydrogen (secondary N) is 1. The van der Waals surface area contributed by atoms with Crippen molar-refractivity contribution >= 4 is 28.8 Å². The number of quaternary nitrogens is 1. The van der Waals surface area contributed by atoms with Crippen LogP contribution in [0.3, 0.4) is 0 Å². The van der Waals surface area contributed by atoms with Crippen molar-refractivity contribution in [3.63, 3.8) is 0 Å². The van der Waals surface area contributed by atoms with Crippen molar-refractivity contribution in [3.8, 4) is 0 Å². The Hall–Kier alpha value is -2.14. The minimum atomic E-state index is -0.0773. The van der Waals surface area contributed by atoms with Crippen molar-refractivity contribution in [2.24, 2.45) is 0 Å². The van der Waals surface area contributed by atoms with Gasteiger partial charge in [0.25, 0.3) is 5.91 Å². The molecule has 3 rings (SSSR count). The first kappa shape index (κ1) is 18.6. The van der Waals surface area contributed by atoms with Crippen molar-refractivity contribution < 1.29 is 10.1 Å². The highest BCUT2D eigenvalue weighted by molar-refractivity contribution is 7.10. The third kappa shape index (κ3) is 4.94. The number of hydrogen-bond acceptors (Lipinski definition) is 2. The molecule has 2 atom stereocenters. The maximum absolute atomic E-state index is 12.4. The van der Waals surface area contributed by atoms with Crippen molar-refractivity contribution in [1.82, 2.24) is 5.32 Å². The van der Waals surface area contributed by atoms with Gasteiger partial charge in [0.05, 0.1) is 10.9 Å². The molecule has 0 unspecified atom stereocenters. The van der Waals surface area contributed by atoms with Gasteiger partial charge in [0.15, 0.2) is 6.54 Å². The fourth-order valence-corrected chi connectivity index (χ4v) is 3.98. The van der Waals surface area contributed by atoms with Crippen LogP contribution < -0.4 is 10.6 Å². The summed E-state index contributed by atoms with van der Waals surface area (Å²) in [6.07, 6.45) is 0. The summed E-state index contributed by atoms with van der Waals surface area (Å²) in [7, 11) is 0. The lowest BCUT2D eigenvalue weighted by Crippen LogP contribution is -2.87. The SMILES string of the molecule is C[C@@H](NC(=O)C[NH2+][C@@H](c1ccccc1)c1cccs1)c1cccc(Cl)c1. The Morgan fingerprint density at radius 2 is 1.85 bits per heavy atom. The smallest absolute Gasteiger partial charge is 0.275 e. The van der Waals surface area contributed by atoms with Crippen molar-refractivity contribution in [2.45, 2.75) is 19.0 Å². The van der Waals surface area contributed by atoms with Gasteiger partial charge in [0.2, 0.25) is 0 Å². The van der Waals surface area contributed by atoms with Gasteiger partial charge in [-0.3, -0.25) is 4.79 Å². The summed E-state index contributed by atoms with van der Waals surface area (Å²) in [6, 6.07) is 22.1. The van der Waals surface area contributed by atoms with E-state index in [1.54, 1.807) is 11.3 Å². The maximum atomic E-state index is 12.4. The monoisotopic (exact) mass is 385 g/mol. The highest BCUT2D eigenvalue weighted by atomic mass is 35.5. The van der Waals surface area contributed by atoms with E-state index >= 15 is 0 Å². The molecular weight excluding hydrogens is 364 g/mol. The number of hydrogen-bond donors (Lipinski definition) is 2. The van der Waals surface area contributed by atoms with E-state index in [-0.39, 0.29) is 18.0 Å². The number of amides is 1. The fourth-order valence-electron chi connectivity index (χ4n) is 2.93. The van der Waals surface area contributed by atoms with Gasteiger partial charge >= 0.3 is 0 Å². The quantitative estimate of drug-likeness (QED) is 0.636. The third-order valence-electron chi connectivity index (χ3n) is 4.27. The lowest BCUT2D eigenvalue weighted by molar-refractivity contribution is -0.676. The molecule has 26 heavy (non-hydrogen) atoms. The first-order valence-electron chi connectivity index (χ1n) is 8.60. The van der Waals surface area contributed by atoms with Crippen LogP contribution in [0.5, 0.6) is 0 Å². The van der Waals surface area contributed by atoms with E-state index in [9.17, 15) is 4.79 Å². The van der Waals surface area contributed by atoms with E-state index in [0.717, 1.165) is 5.56 Å². The van der Waals surface area contributed by atoms with Gasteiger partial charge < -0.3 is 10.6 Å². The van der Waals surface area contributed by atoms with Crippen LogP contribution in [0.4, 0.5) is 0 Å². The largest absolute Gasteiger partial charge is 0.345 e. The molecule has 0 aliphatic heterocycles. The van der Waals surface area contributed by atoms with Gasteiger partial charge in [0, 0.05) is 10.6 Å². The molecule has 0 saturated carbocycles. The zero-order chi connectivity index (χ0) is 18.4. The lowest BCUT2D eigenvalue weighted by Gasteiger charge is -2.17. The van der Waals surface area contributed by atoms with Crippen LogP contribution in [0.15, 0.2) is 72.1 Å². The summed E-state index contributed by atoms with van der Waals surface area (Å²) in [6.45, 7) is 2.33. The molecule has 0 bridgehead atoms. The molecule has 1 aromatic heterocycles. The zero-order valence-corrected chi connectivity index (χ0v) is 16.1. The molecule has 3 aromatic rings. The highest BCUT2D eigenvalue weighted by Crippen LogP contribution is 2.22. The molecule has 3 nitrogen and oxygen atoms in total. The number of nitrogens with two attached hydrogens (primary N) is 1. The number of carbonyl (C=O) groups is 1. The Morgan fingerprint density at radius 3 is 2.54 bits per heavy atom. The molecule has 0 fully saturated rings. The molecule has 1 amide bonds. The Morgan fingerprint density at radius 1 is 1.08 bits per heavy atom. The summed E-state index contributed by atoms with van der Waals surface area (Å²) >= 11 is 7.75. The van der Waals surface area contributed by atoms with E-state index < -0.39 is 0 Å². The van der Waals surface area contributed by atoms with E-state index in [1.807, 2.05) is 55.5 Å². The molecule has 1 heterocycles. The van der Waals surface area contributed by atoms with Crippen molar-refractivity contribution in [2.75, 3.05) is 6.54 Å². The summed E-state index contributed by atoms with van der Waals surface area (Å²) in [5.41, 5.74) is 2.20. The number of carbonyl (C=O) groups excluding carboxylic acids is 1. The van der Waals surface area contributed by atoms with Crippen LogP contribution in [-0.2, 0) is 4.79 Å². The fraction of sp³-hybridized carbons (Fsp3) is 0.190. The molecule has 2 aromatic carbocycles. The van der Waals surface area contributed by atoms with Crippen LogP contribution in [0.25, 0.3) is 0 Å². The summed E-state index contributed by atoms with van der Waals surface area (Å²) in [4.78, 5) is 13.7. The van der Waals surface area contributed by atoms with Gasteiger partial charge in [-0.2, -0.15) is 0 Å². The predicted molar refractivity (Wildman–Crippen MR) is 107 cm³/mol. The minimum absolute atomic E-state index is 0.00922. The third-order valence-corrected chi connectivity index (χ3v) is 5.46. The molecule has 134 valence electrons. The summed E-state index contributed by atoms with van der Waals surface area (Å²) in [5.74, 6) is 0.00922. The number of thiophene rings is 1.